The zero-order valence-electron chi connectivity index (χ0n) is 10.8. The van der Waals surface area contributed by atoms with E-state index in [0.29, 0.717) is 18.7 Å². The van der Waals surface area contributed by atoms with Gasteiger partial charge in [0.25, 0.3) is 0 Å². The van der Waals surface area contributed by atoms with Gasteiger partial charge in [-0.2, -0.15) is 11.3 Å². The Hall–Kier alpha value is -1.53. The molecule has 2 aromatic rings. The minimum Gasteiger partial charge on any atom is -0.405 e. The lowest BCUT2D eigenvalue weighted by Gasteiger charge is -2.13. The Kier molecular flexibility index (Phi) is 4.67. The molecular weight excluding hydrogens is 287 g/mol. The van der Waals surface area contributed by atoms with E-state index >= 15 is 0 Å². The second-order valence-electron chi connectivity index (χ2n) is 4.34. The molecule has 0 aliphatic heterocycles. The molecule has 0 bridgehead atoms. The number of rotatable bonds is 5. The molecule has 0 atom stereocenters. The lowest BCUT2D eigenvalue weighted by atomic mass is 10.2. The third-order valence-electron chi connectivity index (χ3n) is 2.79. The van der Waals surface area contributed by atoms with Crippen LogP contribution in [0.3, 0.4) is 0 Å². The molecule has 0 unspecified atom stereocenters. The Morgan fingerprint density at radius 2 is 1.80 bits per heavy atom. The van der Waals surface area contributed by atoms with Gasteiger partial charge in [0.1, 0.15) is 5.75 Å². The van der Waals surface area contributed by atoms with Gasteiger partial charge in [-0.15, -0.1) is 13.2 Å². The minimum absolute atomic E-state index is 0.158. The van der Waals surface area contributed by atoms with E-state index < -0.39 is 6.36 Å². The van der Waals surface area contributed by atoms with Crippen LogP contribution in [-0.4, -0.2) is 6.36 Å². The average Bonchev–Trinajstić information content (AvgIpc) is 2.75. The first kappa shape index (κ1) is 14.9. The van der Waals surface area contributed by atoms with Crippen molar-refractivity contribution in [1.29, 1.82) is 0 Å². The number of hydrogen-bond acceptors (Lipinski definition) is 3. The smallest absolute Gasteiger partial charge is 0.405 e. The van der Waals surface area contributed by atoms with Crippen molar-refractivity contribution >= 4 is 11.3 Å². The van der Waals surface area contributed by atoms with Crippen molar-refractivity contribution in [3.63, 3.8) is 0 Å². The summed E-state index contributed by atoms with van der Waals surface area (Å²) < 4.78 is 40.8. The van der Waals surface area contributed by atoms with Gasteiger partial charge >= 0.3 is 6.36 Å². The number of hydrogen-bond donors (Lipinski definition) is 1. The molecule has 20 heavy (non-hydrogen) atoms. The van der Waals surface area contributed by atoms with E-state index in [0.717, 1.165) is 5.56 Å². The van der Waals surface area contributed by atoms with E-state index in [9.17, 15) is 13.2 Å². The fourth-order valence-corrected chi connectivity index (χ4v) is 2.63. The van der Waals surface area contributed by atoms with Crippen molar-refractivity contribution in [2.75, 3.05) is 0 Å². The molecule has 0 saturated heterocycles. The second-order valence-corrected chi connectivity index (χ2v) is 5.08. The highest BCUT2D eigenvalue weighted by molar-refractivity contribution is 7.08. The van der Waals surface area contributed by atoms with Gasteiger partial charge in [-0.05, 0) is 34.9 Å². The van der Waals surface area contributed by atoms with Crippen LogP contribution >= 0.6 is 11.3 Å². The Morgan fingerprint density at radius 1 is 1.10 bits per heavy atom. The Morgan fingerprint density at radius 3 is 2.45 bits per heavy atom. The molecule has 2 rings (SSSR count). The van der Waals surface area contributed by atoms with Gasteiger partial charge in [0.15, 0.2) is 0 Å². The maximum atomic E-state index is 12.3. The number of benzene rings is 1. The van der Waals surface area contributed by atoms with Gasteiger partial charge in [0.2, 0.25) is 0 Å². The number of ether oxygens (including phenoxy) is 1. The van der Waals surface area contributed by atoms with Gasteiger partial charge in [-0.3, -0.25) is 0 Å². The predicted molar refractivity (Wildman–Crippen MR) is 72.7 cm³/mol. The number of para-hydroxylation sites is 1. The predicted octanol–water partition coefficient (Wildman–Crippen LogP) is 4.24. The molecular formula is C14H14F3NOS. The van der Waals surface area contributed by atoms with E-state index in [2.05, 4.69) is 10.1 Å². The average molecular weight is 301 g/mol. The van der Waals surface area contributed by atoms with Crippen LogP contribution in [0.15, 0.2) is 35.0 Å². The maximum Gasteiger partial charge on any atom is 0.573 e. The van der Waals surface area contributed by atoms with Crippen molar-refractivity contribution in [2.45, 2.75) is 26.4 Å². The Labute approximate surface area is 119 Å². The van der Waals surface area contributed by atoms with Gasteiger partial charge in [0.05, 0.1) is 0 Å². The number of aryl methyl sites for hydroxylation is 1. The van der Waals surface area contributed by atoms with Crippen molar-refractivity contribution < 1.29 is 17.9 Å². The van der Waals surface area contributed by atoms with E-state index in [4.69, 9.17) is 0 Å². The van der Waals surface area contributed by atoms with Crippen LogP contribution in [0.2, 0.25) is 0 Å². The number of halogens is 3. The zero-order valence-corrected chi connectivity index (χ0v) is 11.6. The lowest BCUT2D eigenvalue weighted by molar-refractivity contribution is -0.274. The van der Waals surface area contributed by atoms with E-state index in [1.54, 1.807) is 23.5 Å². The first-order chi connectivity index (χ1) is 9.46. The van der Waals surface area contributed by atoms with E-state index in [1.165, 1.54) is 17.7 Å². The standard InChI is InChI=1S/C14H14F3NOS/c1-10-8-20-9-12(10)7-18-6-11-4-2-3-5-13(11)19-14(15,16)17/h2-5,8-9,18H,6-7H2,1H3. The summed E-state index contributed by atoms with van der Waals surface area (Å²) >= 11 is 1.61. The van der Waals surface area contributed by atoms with Crippen LogP contribution < -0.4 is 10.1 Å². The summed E-state index contributed by atoms with van der Waals surface area (Å²) in [7, 11) is 0. The number of thiophene rings is 1. The van der Waals surface area contributed by atoms with Gasteiger partial charge in [0, 0.05) is 18.7 Å². The van der Waals surface area contributed by atoms with Gasteiger partial charge < -0.3 is 10.1 Å². The highest BCUT2D eigenvalue weighted by Gasteiger charge is 2.31. The highest BCUT2D eigenvalue weighted by Crippen LogP contribution is 2.26. The molecule has 0 spiro atoms. The number of alkyl halides is 3. The molecule has 1 aromatic heterocycles. The fraction of sp³-hybridized carbons (Fsp3) is 0.286. The summed E-state index contributed by atoms with van der Waals surface area (Å²) in [6, 6.07) is 6.15. The Bertz CT molecular complexity index is 566. The van der Waals surface area contributed by atoms with Gasteiger partial charge in [-0.25, -0.2) is 0 Å². The van der Waals surface area contributed by atoms with Crippen LogP contribution in [0.25, 0.3) is 0 Å². The fourth-order valence-electron chi connectivity index (χ4n) is 1.77. The van der Waals surface area contributed by atoms with E-state index in [-0.39, 0.29) is 5.75 Å². The molecule has 0 aliphatic rings. The van der Waals surface area contributed by atoms with Crippen LogP contribution in [0.5, 0.6) is 5.75 Å². The first-order valence-electron chi connectivity index (χ1n) is 6.02. The summed E-state index contributed by atoms with van der Waals surface area (Å²) in [6.07, 6.45) is -4.67. The largest absolute Gasteiger partial charge is 0.573 e. The monoisotopic (exact) mass is 301 g/mol. The van der Waals surface area contributed by atoms with E-state index in [1.807, 2.05) is 17.7 Å². The third kappa shape index (κ3) is 4.25. The van der Waals surface area contributed by atoms with Crippen LogP contribution in [-0.2, 0) is 13.1 Å². The summed E-state index contributed by atoms with van der Waals surface area (Å²) in [5, 5.41) is 7.20. The molecule has 2 nitrogen and oxygen atoms in total. The van der Waals surface area contributed by atoms with Crippen LogP contribution in [0.4, 0.5) is 13.2 Å². The maximum absolute atomic E-state index is 12.3. The molecule has 1 heterocycles. The zero-order chi connectivity index (χ0) is 14.6. The summed E-state index contributed by atoms with van der Waals surface area (Å²) in [4.78, 5) is 0. The topological polar surface area (TPSA) is 21.3 Å². The third-order valence-corrected chi connectivity index (χ3v) is 3.70. The summed E-state index contributed by atoms with van der Waals surface area (Å²) in [5.74, 6) is -0.158. The molecule has 0 aliphatic carbocycles. The molecule has 0 fully saturated rings. The molecule has 1 N–H and O–H groups in total. The quantitative estimate of drug-likeness (QED) is 0.891. The molecule has 1 aromatic carbocycles. The normalized spacial score (nSPS) is 11.6. The van der Waals surface area contributed by atoms with Crippen LogP contribution in [0, 0.1) is 6.92 Å². The van der Waals surface area contributed by atoms with Crippen molar-refractivity contribution in [2.24, 2.45) is 0 Å². The van der Waals surface area contributed by atoms with Crippen molar-refractivity contribution in [3.05, 3.63) is 51.7 Å². The minimum atomic E-state index is -4.67. The molecule has 0 radical (unpaired) electrons. The summed E-state index contributed by atoms with van der Waals surface area (Å²) in [6.45, 7) is 2.95. The second kappa shape index (κ2) is 6.28. The van der Waals surface area contributed by atoms with Gasteiger partial charge in [-0.1, -0.05) is 18.2 Å². The summed E-state index contributed by atoms with van der Waals surface area (Å²) in [5.41, 5.74) is 2.82. The lowest BCUT2D eigenvalue weighted by Crippen LogP contribution is -2.20. The van der Waals surface area contributed by atoms with Crippen molar-refractivity contribution in [3.8, 4) is 5.75 Å². The SMILES string of the molecule is Cc1cscc1CNCc1ccccc1OC(F)(F)F. The molecule has 108 valence electrons. The number of nitrogens with one attached hydrogen (secondary N) is 1. The molecule has 0 amide bonds. The highest BCUT2D eigenvalue weighted by atomic mass is 32.1. The molecule has 0 saturated carbocycles. The molecule has 6 heteroatoms. The van der Waals surface area contributed by atoms with Crippen LogP contribution in [0.1, 0.15) is 16.7 Å². The Balaban J connectivity index is 1.97. The van der Waals surface area contributed by atoms with Crippen molar-refractivity contribution in [1.82, 2.24) is 5.32 Å². The first-order valence-corrected chi connectivity index (χ1v) is 6.96.